The van der Waals surface area contributed by atoms with Crippen LogP contribution in [0.15, 0.2) is 6.20 Å². The molecule has 0 atom stereocenters. The molecule has 0 amide bonds. The normalized spacial score (nSPS) is 11.0. The molecule has 17 heavy (non-hydrogen) atoms. The molecule has 0 saturated heterocycles. The second-order valence-electron chi connectivity index (χ2n) is 2.91. The number of pyridine rings is 1. The van der Waals surface area contributed by atoms with Crippen LogP contribution in [0.25, 0.3) is 0 Å². The SMILES string of the molecule is N#CCc1ncc(O)c(OC(F)(F)F)c1CF. The molecular formula is C9H6F4N2O2. The summed E-state index contributed by atoms with van der Waals surface area (Å²) in [5.74, 6) is -1.99. The molecule has 0 spiro atoms. The number of nitriles is 1. The van der Waals surface area contributed by atoms with Gasteiger partial charge in [0.15, 0.2) is 11.5 Å². The molecule has 0 aliphatic carbocycles. The van der Waals surface area contributed by atoms with E-state index in [1.165, 1.54) is 0 Å². The zero-order valence-corrected chi connectivity index (χ0v) is 8.25. The summed E-state index contributed by atoms with van der Waals surface area (Å²) in [5, 5.41) is 17.5. The second kappa shape index (κ2) is 4.86. The summed E-state index contributed by atoms with van der Waals surface area (Å²) in [6.07, 6.45) is -4.77. The molecule has 0 aliphatic rings. The van der Waals surface area contributed by atoms with Gasteiger partial charge < -0.3 is 9.84 Å². The number of aromatic hydroxyl groups is 1. The van der Waals surface area contributed by atoms with Crippen LogP contribution in [-0.4, -0.2) is 16.5 Å². The Balaban J connectivity index is 3.26. The van der Waals surface area contributed by atoms with Gasteiger partial charge in [-0.2, -0.15) is 5.26 Å². The zero-order valence-electron chi connectivity index (χ0n) is 8.25. The van der Waals surface area contributed by atoms with E-state index < -0.39 is 30.1 Å². The monoisotopic (exact) mass is 250 g/mol. The van der Waals surface area contributed by atoms with Crippen molar-refractivity contribution in [3.63, 3.8) is 0 Å². The maximum absolute atomic E-state index is 12.6. The number of ether oxygens (including phenoxy) is 1. The lowest BCUT2D eigenvalue weighted by molar-refractivity contribution is -0.275. The van der Waals surface area contributed by atoms with Crippen molar-refractivity contribution in [1.82, 2.24) is 4.98 Å². The van der Waals surface area contributed by atoms with Gasteiger partial charge >= 0.3 is 6.36 Å². The van der Waals surface area contributed by atoms with E-state index in [0.717, 1.165) is 0 Å². The van der Waals surface area contributed by atoms with Crippen LogP contribution < -0.4 is 4.74 Å². The Morgan fingerprint density at radius 2 is 2.12 bits per heavy atom. The quantitative estimate of drug-likeness (QED) is 0.835. The summed E-state index contributed by atoms with van der Waals surface area (Å²) in [4.78, 5) is 3.47. The standard InChI is InChI=1S/C9H6F4N2O2/c10-3-5-6(1-2-14)15-4-7(16)8(5)17-9(11,12)13/h4,16H,1,3H2. The van der Waals surface area contributed by atoms with Crippen LogP contribution in [0.4, 0.5) is 17.6 Å². The molecule has 1 N–H and O–H groups in total. The van der Waals surface area contributed by atoms with E-state index in [1.807, 2.05) is 0 Å². The van der Waals surface area contributed by atoms with E-state index in [1.54, 1.807) is 6.07 Å². The van der Waals surface area contributed by atoms with Crippen molar-refractivity contribution >= 4 is 0 Å². The fourth-order valence-corrected chi connectivity index (χ4v) is 1.16. The minimum Gasteiger partial charge on any atom is -0.503 e. The predicted molar refractivity (Wildman–Crippen MR) is 46.7 cm³/mol. The minimum absolute atomic E-state index is 0.202. The van der Waals surface area contributed by atoms with Gasteiger partial charge in [-0.25, -0.2) is 4.39 Å². The third-order valence-electron chi connectivity index (χ3n) is 1.80. The molecule has 1 aromatic rings. The Bertz CT molecular complexity index is 454. The molecular weight excluding hydrogens is 244 g/mol. The summed E-state index contributed by atoms with van der Waals surface area (Å²) < 4.78 is 52.2. The molecule has 4 nitrogen and oxygen atoms in total. The number of halogens is 4. The predicted octanol–water partition coefficient (Wildman–Crippen LogP) is 2.22. The summed E-state index contributed by atoms with van der Waals surface area (Å²) in [7, 11) is 0. The zero-order chi connectivity index (χ0) is 13.1. The first-order valence-corrected chi connectivity index (χ1v) is 4.27. The highest BCUT2D eigenvalue weighted by Crippen LogP contribution is 2.36. The average molecular weight is 250 g/mol. The largest absolute Gasteiger partial charge is 0.573 e. The van der Waals surface area contributed by atoms with Gasteiger partial charge in [0, 0.05) is 0 Å². The lowest BCUT2D eigenvalue weighted by Gasteiger charge is -2.14. The van der Waals surface area contributed by atoms with Gasteiger partial charge in [-0.3, -0.25) is 4.98 Å². The molecule has 0 unspecified atom stereocenters. The molecule has 1 rings (SSSR count). The second-order valence-corrected chi connectivity index (χ2v) is 2.91. The lowest BCUT2D eigenvalue weighted by atomic mass is 10.1. The number of hydrogen-bond acceptors (Lipinski definition) is 4. The number of alkyl halides is 4. The van der Waals surface area contributed by atoms with Crippen LogP contribution in [0.5, 0.6) is 11.5 Å². The minimum atomic E-state index is -5.06. The van der Waals surface area contributed by atoms with Crippen molar-refractivity contribution in [2.24, 2.45) is 0 Å². The van der Waals surface area contributed by atoms with E-state index in [2.05, 4.69) is 9.72 Å². The summed E-state index contributed by atoms with van der Waals surface area (Å²) in [6.45, 7) is -1.33. The highest BCUT2D eigenvalue weighted by Gasteiger charge is 2.34. The fraction of sp³-hybridized carbons (Fsp3) is 0.333. The van der Waals surface area contributed by atoms with Crippen molar-refractivity contribution < 1.29 is 27.4 Å². The van der Waals surface area contributed by atoms with E-state index >= 15 is 0 Å². The van der Waals surface area contributed by atoms with Crippen molar-refractivity contribution in [2.75, 3.05) is 0 Å². The van der Waals surface area contributed by atoms with Gasteiger partial charge in [0.1, 0.15) is 6.67 Å². The summed E-state index contributed by atoms with van der Waals surface area (Å²) in [6, 6.07) is 1.62. The number of nitrogens with zero attached hydrogens (tertiary/aromatic N) is 2. The molecule has 0 fully saturated rings. The van der Waals surface area contributed by atoms with Crippen LogP contribution in [0.2, 0.25) is 0 Å². The highest BCUT2D eigenvalue weighted by atomic mass is 19.4. The summed E-state index contributed by atoms with van der Waals surface area (Å²) in [5.41, 5.74) is -0.782. The molecule has 0 aliphatic heterocycles. The van der Waals surface area contributed by atoms with Crippen molar-refractivity contribution in [2.45, 2.75) is 19.5 Å². The van der Waals surface area contributed by atoms with E-state index in [4.69, 9.17) is 10.4 Å². The van der Waals surface area contributed by atoms with Gasteiger partial charge in [0.25, 0.3) is 0 Å². The molecule has 1 heterocycles. The number of rotatable bonds is 3. The Morgan fingerprint density at radius 1 is 1.47 bits per heavy atom. The fourth-order valence-electron chi connectivity index (χ4n) is 1.16. The molecule has 0 bridgehead atoms. The van der Waals surface area contributed by atoms with Gasteiger partial charge in [0.05, 0.1) is 29.9 Å². The molecule has 0 saturated carbocycles. The van der Waals surface area contributed by atoms with Crippen LogP contribution in [-0.2, 0) is 13.1 Å². The maximum atomic E-state index is 12.6. The maximum Gasteiger partial charge on any atom is 0.573 e. The first-order valence-electron chi connectivity index (χ1n) is 4.27. The Labute approximate surface area is 93.1 Å². The van der Waals surface area contributed by atoms with E-state index in [9.17, 15) is 17.6 Å². The topological polar surface area (TPSA) is 66.1 Å². The highest BCUT2D eigenvalue weighted by molar-refractivity contribution is 5.46. The molecule has 8 heteroatoms. The third-order valence-corrected chi connectivity index (χ3v) is 1.80. The molecule has 0 radical (unpaired) electrons. The number of hydrogen-bond donors (Lipinski definition) is 1. The Hall–Kier alpha value is -2.04. The average Bonchev–Trinajstić information content (AvgIpc) is 2.22. The van der Waals surface area contributed by atoms with Crippen LogP contribution in [0.1, 0.15) is 11.3 Å². The van der Waals surface area contributed by atoms with Crippen LogP contribution in [0, 0.1) is 11.3 Å². The van der Waals surface area contributed by atoms with E-state index in [0.29, 0.717) is 6.20 Å². The lowest BCUT2D eigenvalue weighted by Crippen LogP contribution is -2.19. The van der Waals surface area contributed by atoms with Crippen LogP contribution >= 0.6 is 0 Å². The Morgan fingerprint density at radius 3 is 2.59 bits per heavy atom. The van der Waals surface area contributed by atoms with Crippen molar-refractivity contribution in [3.8, 4) is 17.6 Å². The van der Waals surface area contributed by atoms with Crippen molar-refractivity contribution in [1.29, 1.82) is 5.26 Å². The van der Waals surface area contributed by atoms with Gasteiger partial charge in [-0.15, -0.1) is 13.2 Å². The van der Waals surface area contributed by atoms with Gasteiger partial charge in [0.2, 0.25) is 0 Å². The van der Waals surface area contributed by atoms with Gasteiger partial charge in [-0.05, 0) is 0 Å². The first-order chi connectivity index (χ1) is 7.89. The first kappa shape index (κ1) is 13.0. The molecule has 0 aromatic carbocycles. The number of aromatic nitrogens is 1. The Kier molecular flexibility index (Phi) is 3.73. The smallest absolute Gasteiger partial charge is 0.503 e. The van der Waals surface area contributed by atoms with E-state index in [-0.39, 0.29) is 12.1 Å². The van der Waals surface area contributed by atoms with Gasteiger partial charge in [-0.1, -0.05) is 0 Å². The van der Waals surface area contributed by atoms with Crippen LogP contribution in [0.3, 0.4) is 0 Å². The molecule has 1 aromatic heterocycles. The van der Waals surface area contributed by atoms with Crippen molar-refractivity contribution in [3.05, 3.63) is 17.5 Å². The molecule has 92 valence electrons. The summed E-state index contributed by atoms with van der Waals surface area (Å²) >= 11 is 0. The third kappa shape index (κ3) is 3.21.